The summed E-state index contributed by atoms with van der Waals surface area (Å²) in [7, 11) is 2.21. The number of hydrogen-bond donors (Lipinski definition) is 0. The number of ether oxygens (including phenoxy) is 4. The Morgan fingerprint density at radius 1 is 0.760 bits per heavy atom. The van der Waals surface area contributed by atoms with Crippen LogP contribution in [0.25, 0.3) is 0 Å². The molecule has 1 heterocycles. The van der Waals surface area contributed by atoms with Crippen LogP contribution in [0.4, 0.5) is 0 Å². The molecule has 1 saturated heterocycles. The predicted octanol–water partition coefficient (Wildman–Crippen LogP) is 1.87. The van der Waals surface area contributed by atoms with Crippen LogP contribution >= 0.6 is 0 Å². The molecule has 0 radical (unpaired) electrons. The van der Waals surface area contributed by atoms with Crippen molar-refractivity contribution in [3.8, 4) is 0 Å². The lowest BCUT2D eigenvalue weighted by molar-refractivity contribution is 0.0134. The number of epoxide rings is 1. The van der Waals surface area contributed by atoms with Gasteiger partial charge in [-0.1, -0.05) is 0 Å². The minimum atomic E-state index is -2.78. The van der Waals surface area contributed by atoms with Crippen molar-refractivity contribution in [2.24, 2.45) is 5.92 Å². The van der Waals surface area contributed by atoms with Gasteiger partial charge in [0.25, 0.3) is 0 Å². The summed E-state index contributed by atoms with van der Waals surface area (Å²) >= 11 is 0. The van der Waals surface area contributed by atoms with Gasteiger partial charge in [0.05, 0.1) is 51.8 Å². The first kappa shape index (κ1) is 21.2. The van der Waals surface area contributed by atoms with Crippen molar-refractivity contribution in [3.05, 3.63) is 0 Å². The second kappa shape index (κ2) is 11.6. The predicted molar refractivity (Wildman–Crippen MR) is 94.7 cm³/mol. The molecular weight excluding hydrogens is 344 g/mol. The Morgan fingerprint density at radius 3 is 1.80 bits per heavy atom. The van der Waals surface area contributed by atoms with Crippen molar-refractivity contribution in [1.82, 2.24) is 0 Å². The number of methoxy groups -OCH3 is 3. The molecular formula is C17H34O7Si. The first-order valence-electron chi connectivity index (χ1n) is 9.27. The second-order valence-electron chi connectivity index (χ2n) is 6.64. The molecule has 0 aromatic heterocycles. The summed E-state index contributed by atoms with van der Waals surface area (Å²) in [6, 6.07) is 0.812. The lowest BCUT2D eigenvalue weighted by Crippen LogP contribution is -2.48. The van der Waals surface area contributed by atoms with Gasteiger partial charge in [-0.2, -0.15) is 0 Å². The summed E-state index contributed by atoms with van der Waals surface area (Å²) in [5.41, 5.74) is 0. The van der Waals surface area contributed by atoms with Crippen LogP contribution in [0.15, 0.2) is 0 Å². The zero-order chi connectivity index (χ0) is 18.0. The Balaban J connectivity index is 1.88. The Bertz CT molecular complexity index is 331. The van der Waals surface area contributed by atoms with Gasteiger partial charge < -0.3 is 32.2 Å². The topological polar surface area (TPSA) is 67.9 Å². The van der Waals surface area contributed by atoms with Crippen LogP contribution in [0.2, 0.25) is 6.04 Å². The van der Waals surface area contributed by atoms with E-state index in [4.69, 9.17) is 32.2 Å². The molecule has 0 amide bonds. The van der Waals surface area contributed by atoms with Crippen molar-refractivity contribution in [1.29, 1.82) is 0 Å². The maximum Gasteiger partial charge on any atom is 0.501 e. The molecule has 3 unspecified atom stereocenters. The van der Waals surface area contributed by atoms with Crippen LogP contribution in [0.5, 0.6) is 0 Å². The third kappa shape index (κ3) is 7.60. The molecule has 148 valence electrons. The maximum absolute atomic E-state index is 6.12. The molecule has 7 nitrogen and oxygen atoms in total. The monoisotopic (exact) mass is 378 g/mol. The van der Waals surface area contributed by atoms with Crippen molar-refractivity contribution in [2.75, 3.05) is 61.0 Å². The van der Waals surface area contributed by atoms with E-state index < -0.39 is 8.80 Å². The van der Waals surface area contributed by atoms with Crippen LogP contribution in [0.3, 0.4) is 0 Å². The van der Waals surface area contributed by atoms with Gasteiger partial charge >= 0.3 is 8.80 Å². The van der Waals surface area contributed by atoms with Gasteiger partial charge in [0, 0.05) is 27.4 Å². The van der Waals surface area contributed by atoms with E-state index in [-0.39, 0.29) is 0 Å². The minimum absolute atomic E-state index is 0.473. The smallest absolute Gasteiger partial charge is 0.382 e. The van der Waals surface area contributed by atoms with E-state index in [9.17, 15) is 0 Å². The standard InChI is InChI=1S/C17H34O7Si/c1-18-7-10-21-25(22-11-8-19-2,23-12-9-20-3)13-6-15-4-5-16-17(14-15)24-16/h15-17H,4-14H2,1-3H3. The van der Waals surface area contributed by atoms with Gasteiger partial charge in [0.1, 0.15) is 0 Å². The van der Waals surface area contributed by atoms with Crippen LogP contribution in [0, 0.1) is 5.92 Å². The summed E-state index contributed by atoms with van der Waals surface area (Å²) in [6.45, 7) is 2.99. The van der Waals surface area contributed by atoms with Gasteiger partial charge in [0.2, 0.25) is 0 Å². The summed E-state index contributed by atoms with van der Waals surface area (Å²) in [5, 5.41) is 0. The normalized spacial score (nSPS) is 25.8. The molecule has 0 bridgehead atoms. The zero-order valence-corrected chi connectivity index (χ0v) is 16.9. The first-order valence-corrected chi connectivity index (χ1v) is 11.2. The quantitative estimate of drug-likeness (QED) is 0.245. The van der Waals surface area contributed by atoms with Gasteiger partial charge in [0.15, 0.2) is 0 Å². The second-order valence-corrected chi connectivity index (χ2v) is 9.37. The molecule has 1 saturated carbocycles. The fourth-order valence-corrected chi connectivity index (χ4v) is 5.94. The summed E-state index contributed by atoms with van der Waals surface area (Å²) in [5.74, 6) is 0.665. The zero-order valence-electron chi connectivity index (χ0n) is 15.9. The van der Waals surface area contributed by atoms with E-state index in [1.165, 1.54) is 12.8 Å². The van der Waals surface area contributed by atoms with Crippen LogP contribution in [0.1, 0.15) is 25.7 Å². The number of rotatable bonds is 15. The van der Waals surface area contributed by atoms with Gasteiger partial charge in [-0.25, -0.2) is 0 Å². The van der Waals surface area contributed by atoms with Crippen molar-refractivity contribution >= 4 is 8.80 Å². The Kier molecular flexibility index (Phi) is 9.86. The summed E-state index contributed by atoms with van der Waals surface area (Å²) in [6.07, 6.45) is 5.64. The molecule has 2 fully saturated rings. The van der Waals surface area contributed by atoms with Crippen LogP contribution in [-0.4, -0.2) is 82.0 Å². The number of hydrogen-bond acceptors (Lipinski definition) is 7. The van der Waals surface area contributed by atoms with E-state index in [0.29, 0.717) is 57.8 Å². The van der Waals surface area contributed by atoms with E-state index in [2.05, 4.69) is 0 Å². The molecule has 0 aromatic carbocycles. The first-order chi connectivity index (χ1) is 12.2. The van der Waals surface area contributed by atoms with Gasteiger partial charge in [-0.15, -0.1) is 0 Å². The molecule has 2 aliphatic rings. The summed E-state index contributed by atoms with van der Waals surface area (Å²) < 4.78 is 39.4. The highest BCUT2D eigenvalue weighted by Crippen LogP contribution is 2.41. The Hall–Kier alpha value is -0.0631. The average molecular weight is 379 g/mol. The fourth-order valence-electron chi connectivity index (χ4n) is 3.31. The molecule has 0 aromatic rings. The Morgan fingerprint density at radius 2 is 1.32 bits per heavy atom. The van der Waals surface area contributed by atoms with Crippen LogP contribution < -0.4 is 0 Å². The maximum atomic E-state index is 6.12. The van der Waals surface area contributed by atoms with Gasteiger partial charge in [-0.3, -0.25) is 0 Å². The third-order valence-electron chi connectivity index (χ3n) is 4.80. The van der Waals surface area contributed by atoms with Crippen LogP contribution in [-0.2, 0) is 32.2 Å². The molecule has 25 heavy (non-hydrogen) atoms. The fraction of sp³-hybridized carbons (Fsp3) is 1.00. The van der Waals surface area contributed by atoms with Crippen molar-refractivity contribution < 1.29 is 32.2 Å². The highest BCUT2D eigenvalue weighted by atomic mass is 28.4. The number of fused-ring (bicyclic) bond motifs is 1. The SMILES string of the molecule is COCCO[Si](CCC1CCC2OC2C1)(OCCOC)OCCOC. The molecule has 0 spiro atoms. The highest BCUT2D eigenvalue weighted by molar-refractivity contribution is 6.60. The third-order valence-corrected chi connectivity index (χ3v) is 7.63. The minimum Gasteiger partial charge on any atom is -0.382 e. The lowest BCUT2D eigenvalue weighted by Gasteiger charge is -2.31. The van der Waals surface area contributed by atoms with E-state index in [0.717, 1.165) is 18.9 Å². The molecule has 3 atom stereocenters. The van der Waals surface area contributed by atoms with E-state index >= 15 is 0 Å². The Labute approximate surface area is 152 Å². The molecule has 0 N–H and O–H groups in total. The van der Waals surface area contributed by atoms with Crippen molar-refractivity contribution in [2.45, 2.75) is 43.9 Å². The summed E-state index contributed by atoms with van der Waals surface area (Å²) in [4.78, 5) is 0. The average Bonchev–Trinajstić information content (AvgIpc) is 3.39. The van der Waals surface area contributed by atoms with E-state index in [1.54, 1.807) is 21.3 Å². The largest absolute Gasteiger partial charge is 0.501 e. The van der Waals surface area contributed by atoms with Gasteiger partial charge in [-0.05, 0) is 31.6 Å². The molecule has 1 aliphatic carbocycles. The lowest BCUT2D eigenvalue weighted by atomic mass is 9.88. The molecule has 2 rings (SSSR count). The molecule has 8 heteroatoms. The van der Waals surface area contributed by atoms with Crippen molar-refractivity contribution in [3.63, 3.8) is 0 Å². The molecule has 1 aliphatic heterocycles. The highest BCUT2D eigenvalue weighted by Gasteiger charge is 2.46. The van der Waals surface area contributed by atoms with E-state index in [1.807, 2.05) is 0 Å².